The van der Waals surface area contributed by atoms with Crippen molar-refractivity contribution in [2.24, 2.45) is 0 Å². The Labute approximate surface area is 291 Å². The number of aryl methyl sites for hydroxylation is 2. The molecule has 1 aromatic carbocycles. The molecule has 3 fully saturated rings. The zero-order valence-corrected chi connectivity index (χ0v) is 29.6. The van der Waals surface area contributed by atoms with Crippen molar-refractivity contribution in [3.63, 3.8) is 0 Å². The van der Waals surface area contributed by atoms with Crippen LogP contribution >= 0.6 is 0 Å². The fourth-order valence-electron chi connectivity index (χ4n) is 7.04. The summed E-state index contributed by atoms with van der Waals surface area (Å²) in [6.07, 6.45) is -7.09. The summed E-state index contributed by atoms with van der Waals surface area (Å²) in [5.74, 6) is -2.53. The molecular weight excluding hydrogens is 656 g/mol. The van der Waals surface area contributed by atoms with E-state index in [1.807, 2.05) is 0 Å². The summed E-state index contributed by atoms with van der Waals surface area (Å²) in [4.78, 5) is 54.4. The molecule has 3 amide bonds. The van der Waals surface area contributed by atoms with Crippen LogP contribution in [0.3, 0.4) is 0 Å². The number of aromatic hydroxyl groups is 1. The van der Waals surface area contributed by atoms with E-state index in [0.29, 0.717) is 50.4 Å². The minimum Gasteiger partial charge on any atom is -0.507 e. The largest absolute Gasteiger partial charge is 0.507 e. The molecular formula is C34H52N4O12. The number of nitrogens with zero attached hydrogens (tertiary/aromatic N) is 2. The number of hydrogen-bond acceptors (Lipinski definition) is 12. The molecule has 1 spiro atoms. The van der Waals surface area contributed by atoms with E-state index in [1.165, 1.54) is 19.1 Å². The maximum absolute atomic E-state index is 12.9. The second-order valence-electron chi connectivity index (χ2n) is 14.8. The predicted molar refractivity (Wildman–Crippen MR) is 178 cm³/mol. The minimum absolute atomic E-state index is 0.0470. The van der Waals surface area contributed by atoms with Crippen molar-refractivity contribution in [1.29, 1.82) is 0 Å². The number of morpholine rings is 1. The van der Waals surface area contributed by atoms with Gasteiger partial charge in [0.2, 0.25) is 5.91 Å². The van der Waals surface area contributed by atoms with Gasteiger partial charge in [0.1, 0.15) is 23.6 Å². The number of nitrogens with one attached hydrogen (secondary N) is 2. The molecule has 16 heteroatoms. The van der Waals surface area contributed by atoms with Crippen LogP contribution in [0.5, 0.6) is 5.75 Å². The van der Waals surface area contributed by atoms with Crippen LogP contribution in [0.25, 0.3) is 0 Å². The first-order valence-electron chi connectivity index (χ1n) is 16.9. The van der Waals surface area contributed by atoms with Crippen molar-refractivity contribution in [2.45, 2.75) is 108 Å². The van der Waals surface area contributed by atoms with E-state index in [9.17, 15) is 44.7 Å². The second kappa shape index (κ2) is 15.4. The molecule has 0 radical (unpaired) electrons. The van der Waals surface area contributed by atoms with Gasteiger partial charge in [0.15, 0.2) is 5.60 Å². The lowest BCUT2D eigenvalue weighted by Crippen LogP contribution is -2.68. The lowest BCUT2D eigenvalue weighted by atomic mass is 9.81. The van der Waals surface area contributed by atoms with E-state index in [1.54, 1.807) is 39.5 Å². The molecule has 7 N–H and O–H groups in total. The molecule has 0 aliphatic carbocycles. The van der Waals surface area contributed by atoms with Crippen LogP contribution in [0.4, 0.5) is 4.79 Å². The van der Waals surface area contributed by atoms with Gasteiger partial charge in [-0.05, 0) is 64.3 Å². The number of phenols is 1. The number of carboxylic acid groups (broad SMARTS) is 1. The average molecular weight is 709 g/mol. The number of aliphatic hydroxyl groups is 3. The Morgan fingerprint density at radius 2 is 1.78 bits per heavy atom. The molecule has 0 bridgehead atoms. The Hall–Kier alpha value is -3.54. The lowest BCUT2D eigenvalue weighted by Gasteiger charge is -2.49. The number of carbonyl (C=O) groups is 4. The highest BCUT2D eigenvalue weighted by Crippen LogP contribution is 2.38. The Bertz CT molecular complexity index is 1410. The number of likely N-dealkylation sites (tertiary alicyclic amines) is 1. The van der Waals surface area contributed by atoms with Crippen molar-refractivity contribution in [3.8, 4) is 5.75 Å². The number of carbonyl (C=O) groups excluding carboxylic acids is 3. The Morgan fingerprint density at radius 3 is 2.38 bits per heavy atom. The third-order valence-corrected chi connectivity index (χ3v) is 9.70. The summed E-state index contributed by atoms with van der Waals surface area (Å²) in [7, 11) is 0. The number of benzene rings is 1. The van der Waals surface area contributed by atoms with Crippen LogP contribution in [0.2, 0.25) is 0 Å². The summed E-state index contributed by atoms with van der Waals surface area (Å²) in [6, 6.07) is 1.65. The zero-order chi connectivity index (χ0) is 37.2. The molecule has 4 rings (SSSR count). The number of ether oxygens (including phenoxy) is 3. The minimum atomic E-state index is -2.03. The Balaban J connectivity index is 1.50. The number of carboxylic acids is 1. The van der Waals surface area contributed by atoms with Crippen LogP contribution in [0.15, 0.2) is 12.1 Å². The van der Waals surface area contributed by atoms with Crippen molar-refractivity contribution < 1.29 is 58.9 Å². The van der Waals surface area contributed by atoms with E-state index in [-0.39, 0.29) is 24.3 Å². The smallest absolute Gasteiger partial charge is 0.410 e. The summed E-state index contributed by atoms with van der Waals surface area (Å²) in [5.41, 5.74) is -2.17. The SMILES string of the molecule is CC(=O)N[C@H]1[C@H]([C@H](O)[C@H](O)CNC(=O)c2cc(C)c(O)c(C)c2)O[C@@](CCN2CCOC[C@@]23CCN(C(=O)OC(C)(C)C)C3)(C(=O)O)C[C@@H]1O. The van der Waals surface area contributed by atoms with Gasteiger partial charge in [-0.25, -0.2) is 9.59 Å². The highest BCUT2D eigenvalue weighted by molar-refractivity contribution is 5.94. The highest BCUT2D eigenvalue weighted by atomic mass is 16.6. The van der Waals surface area contributed by atoms with E-state index < -0.39 is 84.0 Å². The van der Waals surface area contributed by atoms with Crippen molar-refractivity contribution >= 4 is 23.9 Å². The predicted octanol–water partition coefficient (Wildman–Crippen LogP) is 0.0404. The van der Waals surface area contributed by atoms with Crippen molar-refractivity contribution in [2.75, 3.05) is 45.9 Å². The average Bonchev–Trinajstić information content (AvgIpc) is 3.45. The van der Waals surface area contributed by atoms with Gasteiger partial charge >= 0.3 is 12.1 Å². The number of rotatable bonds is 10. The standard InChI is InChI=1S/C34H52N4O12/c1-19-13-22(14-20(2)26(19)42)29(44)35-16-24(41)27(43)28-25(36-21(3)39)23(40)15-34(49-28,30(45)46)8-10-38-11-12-48-18-33(38)7-9-37(17-33)31(47)50-32(4,5)6/h13-14,23-25,27-28,40-43H,7-12,15-18H2,1-6H3,(H,35,44)(H,36,39)(H,45,46)/t23-,24+,25+,27+,28+,33-,34+/m0/s1. The Kier molecular flexibility index (Phi) is 12.1. The molecule has 3 aliphatic rings. The molecule has 3 heterocycles. The molecule has 0 saturated carbocycles. The molecule has 0 aromatic heterocycles. The van der Waals surface area contributed by atoms with Gasteiger partial charge in [-0.15, -0.1) is 0 Å². The molecule has 1 aromatic rings. The maximum Gasteiger partial charge on any atom is 0.410 e. The van der Waals surface area contributed by atoms with Crippen LogP contribution in [0, 0.1) is 13.8 Å². The third-order valence-electron chi connectivity index (χ3n) is 9.70. The molecule has 50 heavy (non-hydrogen) atoms. The van der Waals surface area contributed by atoms with Crippen LogP contribution in [-0.4, -0.2) is 152 Å². The van der Waals surface area contributed by atoms with Crippen molar-refractivity contribution in [3.05, 3.63) is 28.8 Å². The van der Waals surface area contributed by atoms with E-state index in [4.69, 9.17) is 14.2 Å². The van der Waals surface area contributed by atoms with Gasteiger partial charge in [0.25, 0.3) is 5.91 Å². The van der Waals surface area contributed by atoms with E-state index >= 15 is 0 Å². The summed E-state index contributed by atoms with van der Waals surface area (Å²) in [5, 5.41) is 59.1. The van der Waals surface area contributed by atoms with E-state index in [0.717, 1.165) is 0 Å². The number of hydrogen-bond donors (Lipinski definition) is 7. The first kappa shape index (κ1) is 39.2. The maximum atomic E-state index is 12.9. The monoisotopic (exact) mass is 708 g/mol. The summed E-state index contributed by atoms with van der Waals surface area (Å²) >= 11 is 0. The molecule has 7 atom stereocenters. The lowest BCUT2D eigenvalue weighted by molar-refractivity contribution is -0.231. The number of aliphatic hydroxyl groups excluding tert-OH is 3. The van der Waals surface area contributed by atoms with E-state index in [2.05, 4.69) is 15.5 Å². The van der Waals surface area contributed by atoms with Crippen LogP contribution in [0.1, 0.15) is 68.4 Å². The number of amides is 3. The van der Waals surface area contributed by atoms with Gasteiger partial charge in [-0.1, -0.05) is 0 Å². The highest BCUT2D eigenvalue weighted by Gasteiger charge is 2.55. The Morgan fingerprint density at radius 1 is 1.12 bits per heavy atom. The fourth-order valence-corrected chi connectivity index (χ4v) is 7.04. The second-order valence-corrected chi connectivity index (χ2v) is 14.8. The topological polar surface area (TPSA) is 228 Å². The summed E-state index contributed by atoms with van der Waals surface area (Å²) < 4.78 is 17.5. The molecule has 280 valence electrons. The van der Waals surface area contributed by atoms with Crippen LogP contribution in [-0.2, 0) is 23.8 Å². The van der Waals surface area contributed by atoms with Crippen LogP contribution < -0.4 is 10.6 Å². The summed E-state index contributed by atoms with van der Waals surface area (Å²) in [6.45, 7) is 11.3. The molecule has 3 saturated heterocycles. The quantitative estimate of drug-likeness (QED) is 0.171. The first-order valence-corrected chi connectivity index (χ1v) is 16.9. The van der Waals surface area contributed by atoms with Crippen molar-refractivity contribution in [1.82, 2.24) is 20.4 Å². The number of phenolic OH excluding ortho intramolecular Hbond substituents is 1. The molecule has 3 aliphatic heterocycles. The first-order chi connectivity index (χ1) is 23.3. The van der Waals surface area contributed by atoms with Gasteiger partial charge in [0, 0.05) is 58.1 Å². The third kappa shape index (κ3) is 8.84. The normalized spacial score (nSPS) is 28.6. The fraction of sp³-hybridized carbons (Fsp3) is 0.706. The van der Waals surface area contributed by atoms with Gasteiger partial charge in [0.05, 0.1) is 37.0 Å². The van der Waals surface area contributed by atoms with Gasteiger partial charge in [-0.3, -0.25) is 14.5 Å². The molecule has 16 nitrogen and oxygen atoms in total. The van der Waals surface area contributed by atoms with Gasteiger partial charge < -0.3 is 55.3 Å². The van der Waals surface area contributed by atoms with Gasteiger partial charge in [-0.2, -0.15) is 0 Å². The number of aliphatic carboxylic acids is 1. The molecule has 0 unspecified atom stereocenters. The zero-order valence-electron chi connectivity index (χ0n) is 29.6.